The molecule has 0 atom stereocenters. The molecule has 3 rings (SSSR count). The fraction of sp³-hybridized carbons (Fsp3) is 0.300. The Hall–Kier alpha value is -3.42. The number of aromatic nitrogens is 1. The van der Waals surface area contributed by atoms with Crippen LogP contribution in [-0.4, -0.2) is 40.8 Å². The second-order valence-electron chi connectivity index (χ2n) is 6.52. The van der Waals surface area contributed by atoms with Gasteiger partial charge in [0.15, 0.2) is 0 Å². The quantitative estimate of drug-likeness (QED) is 0.798. The molecule has 2 heterocycles. The number of carbonyl (C=O) groups excluding carboxylic acids is 2. The Morgan fingerprint density at radius 2 is 2.07 bits per heavy atom. The number of allylic oxidation sites excluding steroid dienone is 1. The lowest BCUT2D eigenvalue weighted by Crippen LogP contribution is -2.40. The Morgan fingerprint density at radius 1 is 1.29 bits per heavy atom. The van der Waals surface area contributed by atoms with Crippen molar-refractivity contribution in [2.24, 2.45) is 10.7 Å². The van der Waals surface area contributed by atoms with E-state index in [1.54, 1.807) is 24.0 Å². The van der Waals surface area contributed by atoms with E-state index in [-0.39, 0.29) is 30.5 Å². The van der Waals surface area contributed by atoms with Gasteiger partial charge in [-0.1, -0.05) is 35.5 Å². The number of rotatable bonds is 6. The number of nitrogens with zero attached hydrogens (tertiary/aromatic N) is 3. The van der Waals surface area contributed by atoms with Crippen molar-refractivity contribution in [3.63, 3.8) is 0 Å². The molecule has 1 aromatic heterocycles. The summed E-state index contributed by atoms with van der Waals surface area (Å²) < 4.78 is 5.16. The van der Waals surface area contributed by atoms with Crippen LogP contribution in [0.4, 0.5) is 5.88 Å². The molecule has 1 aliphatic rings. The second kappa shape index (κ2) is 8.98. The van der Waals surface area contributed by atoms with Crippen LogP contribution in [0.1, 0.15) is 26.2 Å². The molecular weight excluding hydrogens is 358 g/mol. The zero-order valence-corrected chi connectivity index (χ0v) is 15.7. The molecule has 3 N–H and O–H groups in total. The summed E-state index contributed by atoms with van der Waals surface area (Å²) in [5, 5.41) is 6.58. The highest BCUT2D eigenvalue weighted by atomic mass is 16.5. The Bertz CT molecular complexity index is 898. The lowest BCUT2D eigenvalue weighted by atomic mass is 10.1. The minimum absolute atomic E-state index is 0.0370. The first-order chi connectivity index (χ1) is 13.5. The van der Waals surface area contributed by atoms with Crippen molar-refractivity contribution in [3.05, 3.63) is 48.2 Å². The molecule has 146 valence electrons. The Labute approximate surface area is 163 Å². The fourth-order valence-electron chi connectivity index (χ4n) is 2.84. The van der Waals surface area contributed by atoms with E-state index in [9.17, 15) is 9.59 Å². The molecule has 0 saturated heterocycles. The Kier molecular flexibility index (Phi) is 6.21. The monoisotopic (exact) mass is 381 g/mol. The summed E-state index contributed by atoms with van der Waals surface area (Å²) in [5.41, 5.74) is 7.80. The third-order valence-corrected chi connectivity index (χ3v) is 4.16. The van der Waals surface area contributed by atoms with Gasteiger partial charge in [0.1, 0.15) is 11.5 Å². The fourth-order valence-corrected chi connectivity index (χ4v) is 2.84. The van der Waals surface area contributed by atoms with Crippen LogP contribution in [0.15, 0.2) is 57.7 Å². The van der Waals surface area contributed by atoms with E-state index in [1.165, 1.54) is 0 Å². The SMILES string of the molecule is CC(N)=CC1=NCCCN1C(=O)CCC(=O)Nc1cc(-c2ccccc2)no1. The van der Waals surface area contributed by atoms with E-state index in [1.807, 2.05) is 30.3 Å². The van der Waals surface area contributed by atoms with Crippen molar-refractivity contribution in [1.82, 2.24) is 10.1 Å². The molecule has 8 heteroatoms. The zero-order valence-electron chi connectivity index (χ0n) is 15.7. The van der Waals surface area contributed by atoms with E-state index in [0.29, 0.717) is 30.3 Å². The molecule has 0 aliphatic carbocycles. The number of benzene rings is 1. The maximum atomic E-state index is 12.5. The van der Waals surface area contributed by atoms with Gasteiger partial charge in [0.25, 0.3) is 0 Å². The molecule has 1 aromatic carbocycles. The number of carbonyl (C=O) groups is 2. The largest absolute Gasteiger partial charge is 0.402 e. The number of amidine groups is 1. The highest BCUT2D eigenvalue weighted by molar-refractivity contribution is 6.05. The van der Waals surface area contributed by atoms with E-state index < -0.39 is 0 Å². The Balaban J connectivity index is 1.54. The third-order valence-electron chi connectivity index (χ3n) is 4.16. The average Bonchev–Trinajstić information content (AvgIpc) is 3.15. The van der Waals surface area contributed by atoms with Crippen LogP contribution in [0.5, 0.6) is 0 Å². The van der Waals surface area contributed by atoms with Gasteiger partial charge in [0.2, 0.25) is 17.7 Å². The summed E-state index contributed by atoms with van der Waals surface area (Å²) >= 11 is 0. The number of amides is 2. The number of hydrogen-bond acceptors (Lipinski definition) is 6. The summed E-state index contributed by atoms with van der Waals surface area (Å²) in [4.78, 5) is 30.6. The number of aliphatic imine (C=N–C) groups is 1. The maximum absolute atomic E-state index is 12.5. The van der Waals surface area contributed by atoms with Gasteiger partial charge in [-0.25, -0.2) is 0 Å². The zero-order chi connectivity index (χ0) is 19.9. The summed E-state index contributed by atoms with van der Waals surface area (Å²) in [6, 6.07) is 11.2. The first-order valence-corrected chi connectivity index (χ1v) is 9.13. The number of hydrogen-bond donors (Lipinski definition) is 2. The summed E-state index contributed by atoms with van der Waals surface area (Å²) in [7, 11) is 0. The van der Waals surface area contributed by atoms with Gasteiger partial charge in [0.05, 0.1) is 0 Å². The molecule has 1 aliphatic heterocycles. The average molecular weight is 381 g/mol. The molecule has 0 spiro atoms. The minimum atomic E-state index is -0.315. The van der Waals surface area contributed by atoms with Crippen molar-refractivity contribution in [1.29, 1.82) is 0 Å². The lowest BCUT2D eigenvalue weighted by molar-refractivity contribution is -0.129. The number of anilines is 1. The maximum Gasteiger partial charge on any atom is 0.231 e. The van der Waals surface area contributed by atoms with Crippen LogP contribution in [0.3, 0.4) is 0 Å². The highest BCUT2D eigenvalue weighted by Gasteiger charge is 2.21. The number of nitrogens with two attached hydrogens (primary N) is 1. The van der Waals surface area contributed by atoms with Crippen molar-refractivity contribution in [2.75, 3.05) is 18.4 Å². The van der Waals surface area contributed by atoms with Crippen molar-refractivity contribution in [2.45, 2.75) is 26.2 Å². The van der Waals surface area contributed by atoms with Crippen molar-refractivity contribution in [3.8, 4) is 11.3 Å². The predicted molar refractivity (Wildman–Crippen MR) is 106 cm³/mol. The van der Waals surface area contributed by atoms with Crippen LogP contribution < -0.4 is 11.1 Å². The normalized spacial score (nSPS) is 14.5. The molecule has 0 unspecified atom stereocenters. The third kappa shape index (κ3) is 5.06. The molecule has 0 radical (unpaired) electrons. The van der Waals surface area contributed by atoms with E-state index in [0.717, 1.165) is 12.0 Å². The molecule has 0 bridgehead atoms. The highest BCUT2D eigenvalue weighted by Crippen LogP contribution is 2.21. The van der Waals surface area contributed by atoms with Crippen molar-refractivity contribution < 1.29 is 14.1 Å². The van der Waals surface area contributed by atoms with Gasteiger partial charge in [-0.15, -0.1) is 0 Å². The summed E-state index contributed by atoms with van der Waals surface area (Å²) in [6.07, 6.45) is 2.58. The van der Waals surface area contributed by atoms with Gasteiger partial charge in [-0.05, 0) is 19.4 Å². The Morgan fingerprint density at radius 3 is 2.82 bits per heavy atom. The molecule has 2 amide bonds. The smallest absolute Gasteiger partial charge is 0.231 e. The van der Waals surface area contributed by atoms with Gasteiger partial charge in [0, 0.05) is 43.3 Å². The van der Waals surface area contributed by atoms with Crippen LogP contribution in [0.2, 0.25) is 0 Å². The minimum Gasteiger partial charge on any atom is -0.402 e. The number of nitrogens with one attached hydrogen (secondary N) is 1. The van der Waals surface area contributed by atoms with Gasteiger partial charge in [-0.3, -0.25) is 24.8 Å². The van der Waals surface area contributed by atoms with Gasteiger partial charge < -0.3 is 10.3 Å². The molecule has 8 nitrogen and oxygen atoms in total. The molecule has 2 aromatic rings. The van der Waals surface area contributed by atoms with Crippen LogP contribution in [0, 0.1) is 0 Å². The van der Waals surface area contributed by atoms with Crippen molar-refractivity contribution >= 4 is 23.5 Å². The standard InChI is InChI=1S/C20H23N5O3/c1-14(21)12-17-22-10-5-11-25(17)20(27)9-8-18(26)23-19-13-16(24-28-19)15-6-3-2-4-7-15/h2-4,6-7,12-13H,5,8-11,21H2,1H3,(H,23,26). The summed E-state index contributed by atoms with van der Waals surface area (Å²) in [6.45, 7) is 2.98. The summed E-state index contributed by atoms with van der Waals surface area (Å²) in [5.74, 6) is 0.330. The van der Waals surface area contributed by atoms with Crippen LogP contribution >= 0.6 is 0 Å². The van der Waals surface area contributed by atoms with Gasteiger partial charge >= 0.3 is 0 Å². The molecule has 0 saturated carbocycles. The first-order valence-electron chi connectivity index (χ1n) is 9.13. The predicted octanol–water partition coefficient (Wildman–Crippen LogP) is 2.55. The van der Waals surface area contributed by atoms with Crippen LogP contribution in [-0.2, 0) is 9.59 Å². The lowest BCUT2D eigenvalue weighted by Gasteiger charge is -2.26. The first kappa shape index (κ1) is 19.3. The molecule has 0 fully saturated rings. The van der Waals surface area contributed by atoms with E-state index in [4.69, 9.17) is 10.3 Å². The van der Waals surface area contributed by atoms with Gasteiger partial charge in [-0.2, -0.15) is 0 Å². The van der Waals surface area contributed by atoms with E-state index >= 15 is 0 Å². The topological polar surface area (TPSA) is 114 Å². The van der Waals surface area contributed by atoms with E-state index in [2.05, 4.69) is 15.5 Å². The molecular formula is C20H23N5O3. The molecule has 28 heavy (non-hydrogen) atoms. The van der Waals surface area contributed by atoms with Crippen LogP contribution in [0.25, 0.3) is 11.3 Å². The second-order valence-corrected chi connectivity index (χ2v) is 6.52.